The van der Waals surface area contributed by atoms with Crippen molar-refractivity contribution in [3.05, 3.63) is 0 Å². The Labute approximate surface area is 121 Å². The summed E-state index contributed by atoms with van der Waals surface area (Å²) in [7, 11) is 0. The predicted molar refractivity (Wildman–Crippen MR) is 74.2 cm³/mol. The van der Waals surface area contributed by atoms with E-state index < -0.39 is 18.2 Å². The number of hydrogen-bond acceptors (Lipinski definition) is 5. The number of aliphatic hydroxyl groups excluding tert-OH is 1. The highest BCUT2D eigenvalue weighted by Crippen LogP contribution is 2.44. The topological polar surface area (TPSA) is 60.0 Å². The van der Waals surface area contributed by atoms with E-state index in [4.69, 9.17) is 14.2 Å². The van der Waals surface area contributed by atoms with E-state index in [0.29, 0.717) is 6.54 Å². The molecule has 3 aliphatic rings. The Balaban J connectivity index is 1.57. The first-order chi connectivity index (χ1) is 9.39. The maximum atomic E-state index is 10.4. The van der Waals surface area contributed by atoms with Gasteiger partial charge in [-0.1, -0.05) is 6.42 Å². The molecular weight excluding hydrogens is 258 g/mol. The fraction of sp³-hybridized carbons (Fsp3) is 1.00. The van der Waals surface area contributed by atoms with Crippen LogP contribution in [0.5, 0.6) is 0 Å². The van der Waals surface area contributed by atoms with Crippen LogP contribution in [0.25, 0.3) is 0 Å². The van der Waals surface area contributed by atoms with Gasteiger partial charge in [0.1, 0.15) is 18.3 Å². The summed E-state index contributed by atoms with van der Waals surface area (Å²) >= 11 is 0. The van der Waals surface area contributed by atoms with Crippen LogP contribution in [0.3, 0.4) is 0 Å². The second-order valence-corrected chi connectivity index (χ2v) is 7.34. The highest BCUT2D eigenvalue weighted by atomic mass is 16.8. The maximum Gasteiger partial charge on any atom is 0.190 e. The van der Waals surface area contributed by atoms with Crippen LogP contribution in [0.2, 0.25) is 0 Å². The van der Waals surface area contributed by atoms with Gasteiger partial charge in [-0.15, -0.1) is 0 Å². The molecule has 0 amide bonds. The maximum absolute atomic E-state index is 10.4. The summed E-state index contributed by atoms with van der Waals surface area (Å²) < 4.78 is 17.9. The largest absolute Gasteiger partial charge is 0.387 e. The monoisotopic (exact) mass is 285 g/mol. The molecule has 0 aromatic heterocycles. The van der Waals surface area contributed by atoms with Crippen LogP contribution < -0.4 is 5.32 Å². The van der Waals surface area contributed by atoms with Crippen molar-refractivity contribution < 1.29 is 19.3 Å². The fourth-order valence-electron chi connectivity index (χ4n) is 3.31. The molecule has 2 N–H and O–H groups in total. The van der Waals surface area contributed by atoms with E-state index in [2.05, 4.69) is 26.1 Å². The van der Waals surface area contributed by atoms with E-state index in [1.165, 1.54) is 6.42 Å². The summed E-state index contributed by atoms with van der Waals surface area (Å²) in [4.78, 5) is 0. The second kappa shape index (κ2) is 5.21. The zero-order chi connectivity index (χ0) is 14.4. The fourth-order valence-corrected chi connectivity index (χ4v) is 3.31. The normalized spacial score (nSPS) is 40.2. The van der Waals surface area contributed by atoms with Crippen LogP contribution in [0.1, 0.15) is 52.9 Å². The molecule has 5 heteroatoms. The number of hydrogen-bond donors (Lipinski definition) is 2. The zero-order valence-corrected chi connectivity index (χ0v) is 12.7. The minimum absolute atomic E-state index is 0.00703. The van der Waals surface area contributed by atoms with Gasteiger partial charge in [0.05, 0.1) is 0 Å². The van der Waals surface area contributed by atoms with Gasteiger partial charge in [0.25, 0.3) is 0 Å². The van der Waals surface area contributed by atoms with Crippen LogP contribution in [0.15, 0.2) is 0 Å². The molecular formula is C15H27NO4. The van der Waals surface area contributed by atoms with Crippen molar-refractivity contribution in [1.29, 1.82) is 0 Å². The van der Waals surface area contributed by atoms with Crippen molar-refractivity contribution in [1.82, 2.24) is 5.32 Å². The third-order valence-corrected chi connectivity index (χ3v) is 4.43. The Morgan fingerprint density at radius 1 is 1.15 bits per heavy atom. The molecule has 2 saturated heterocycles. The van der Waals surface area contributed by atoms with Crippen molar-refractivity contribution in [3.8, 4) is 0 Å². The second-order valence-electron chi connectivity index (χ2n) is 7.34. The Hall–Kier alpha value is -0.200. The molecule has 0 bridgehead atoms. The Bertz CT molecular complexity index is 348. The van der Waals surface area contributed by atoms with Gasteiger partial charge >= 0.3 is 0 Å². The molecule has 4 atom stereocenters. The molecule has 5 nitrogen and oxygen atoms in total. The number of fused-ring (bicyclic) bond motifs is 1. The Morgan fingerprint density at radius 2 is 1.85 bits per heavy atom. The third kappa shape index (κ3) is 2.88. The average Bonchev–Trinajstić information content (AvgIpc) is 2.84. The van der Waals surface area contributed by atoms with Crippen molar-refractivity contribution in [2.24, 2.45) is 0 Å². The highest BCUT2D eigenvalue weighted by molar-refractivity contribution is 4.96. The van der Waals surface area contributed by atoms with Gasteiger partial charge in [-0.3, -0.25) is 0 Å². The van der Waals surface area contributed by atoms with E-state index in [-0.39, 0.29) is 17.7 Å². The van der Waals surface area contributed by atoms with Crippen molar-refractivity contribution in [2.75, 3.05) is 6.54 Å². The zero-order valence-electron chi connectivity index (χ0n) is 12.7. The first-order valence-corrected chi connectivity index (χ1v) is 7.83. The van der Waals surface area contributed by atoms with Crippen molar-refractivity contribution in [3.63, 3.8) is 0 Å². The lowest BCUT2D eigenvalue weighted by atomic mass is 9.94. The van der Waals surface area contributed by atoms with Gasteiger partial charge in [-0.2, -0.15) is 0 Å². The highest BCUT2D eigenvalue weighted by Gasteiger charge is 2.57. The molecule has 20 heavy (non-hydrogen) atoms. The standard InChI is InChI=1S/C15H27NO4/c1-14(2,3)16-9-10-11(17)12-13(18-10)20-15(19-12)7-5-4-6-8-15/h10-13,16-17H,4-9H2,1-3H3/t10-,11+,12-,13-/m1/s1. The van der Waals surface area contributed by atoms with Crippen molar-refractivity contribution >= 4 is 0 Å². The molecule has 3 rings (SSSR count). The number of nitrogens with one attached hydrogen (secondary N) is 1. The SMILES string of the molecule is CC(C)(C)NC[C@H]1O[C@@H]2OC3(CCCCC3)O[C@@H]2[C@H]1O. The summed E-state index contributed by atoms with van der Waals surface area (Å²) in [6.07, 6.45) is 3.72. The molecule has 116 valence electrons. The molecule has 1 aliphatic carbocycles. The van der Waals surface area contributed by atoms with E-state index >= 15 is 0 Å². The van der Waals surface area contributed by atoms with Crippen LogP contribution in [-0.2, 0) is 14.2 Å². The van der Waals surface area contributed by atoms with Gasteiger partial charge in [-0.25, -0.2) is 0 Å². The Morgan fingerprint density at radius 3 is 2.45 bits per heavy atom. The van der Waals surface area contributed by atoms with Crippen molar-refractivity contribution in [2.45, 2.75) is 88.8 Å². The molecule has 0 aromatic rings. The quantitative estimate of drug-likeness (QED) is 0.806. The summed E-state index contributed by atoms with van der Waals surface area (Å²) in [6, 6.07) is 0. The summed E-state index contributed by atoms with van der Waals surface area (Å²) in [5.41, 5.74) is 0.00703. The molecule has 2 heterocycles. The van der Waals surface area contributed by atoms with Gasteiger partial charge in [0.15, 0.2) is 12.1 Å². The summed E-state index contributed by atoms with van der Waals surface area (Å²) in [6.45, 7) is 6.90. The van der Waals surface area contributed by atoms with Gasteiger partial charge in [0, 0.05) is 24.9 Å². The molecule has 1 spiro atoms. The minimum atomic E-state index is -0.615. The van der Waals surface area contributed by atoms with E-state index in [1.54, 1.807) is 0 Å². The number of rotatable bonds is 2. The molecule has 2 aliphatic heterocycles. The molecule has 0 unspecified atom stereocenters. The van der Waals surface area contributed by atoms with Crippen LogP contribution in [0, 0.1) is 0 Å². The van der Waals surface area contributed by atoms with Crippen LogP contribution in [-0.4, -0.2) is 47.6 Å². The number of aliphatic hydroxyl groups is 1. The smallest absolute Gasteiger partial charge is 0.190 e. The Kier molecular flexibility index (Phi) is 3.84. The molecule has 0 aromatic carbocycles. The summed E-state index contributed by atoms with van der Waals surface area (Å²) in [5, 5.41) is 13.8. The lowest BCUT2D eigenvalue weighted by Gasteiger charge is -2.33. The van der Waals surface area contributed by atoms with E-state index in [9.17, 15) is 5.11 Å². The third-order valence-electron chi connectivity index (χ3n) is 4.43. The average molecular weight is 285 g/mol. The van der Waals surface area contributed by atoms with Crippen LogP contribution >= 0.6 is 0 Å². The number of ether oxygens (including phenoxy) is 3. The predicted octanol–water partition coefficient (Wildman–Crippen LogP) is 1.54. The first kappa shape index (κ1) is 14.7. The summed E-state index contributed by atoms with van der Waals surface area (Å²) in [5.74, 6) is -0.489. The van der Waals surface area contributed by atoms with Gasteiger partial charge in [0.2, 0.25) is 0 Å². The van der Waals surface area contributed by atoms with Crippen LogP contribution in [0.4, 0.5) is 0 Å². The van der Waals surface area contributed by atoms with E-state index in [0.717, 1.165) is 25.7 Å². The lowest BCUT2D eigenvalue weighted by molar-refractivity contribution is -0.245. The molecule has 1 saturated carbocycles. The van der Waals surface area contributed by atoms with E-state index in [1.807, 2.05) is 0 Å². The van der Waals surface area contributed by atoms with Gasteiger partial charge < -0.3 is 24.6 Å². The van der Waals surface area contributed by atoms with Gasteiger partial charge in [-0.05, 0) is 33.6 Å². The first-order valence-electron chi connectivity index (χ1n) is 7.83. The lowest BCUT2D eigenvalue weighted by Crippen LogP contribution is -2.46. The minimum Gasteiger partial charge on any atom is -0.387 e. The molecule has 0 radical (unpaired) electrons. The molecule has 3 fully saturated rings.